The van der Waals surface area contributed by atoms with Gasteiger partial charge in [0.25, 0.3) is 5.91 Å². The first-order valence-corrected chi connectivity index (χ1v) is 8.66. The number of likely N-dealkylation sites (tertiary alicyclic amines) is 1. The Morgan fingerprint density at radius 1 is 1.14 bits per heavy atom. The van der Waals surface area contributed by atoms with Crippen LogP contribution in [-0.2, 0) is 30.4 Å². The Kier molecular flexibility index (Phi) is 7.54. The lowest BCUT2D eigenvalue weighted by Gasteiger charge is -2.24. The first-order valence-electron chi connectivity index (χ1n) is 8.66. The number of benzene rings is 1. The van der Waals surface area contributed by atoms with Gasteiger partial charge in [0.2, 0.25) is 0 Å². The van der Waals surface area contributed by atoms with Gasteiger partial charge in [-0.3, -0.25) is 20.5 Å². The zero-order chi connectivity index (χ0) is 20.5. The largest absolute Gasteiger partial charge is 0.465 e. The number of nitrogens with zero attached hydrogens (tertiary/aromatic N) is 2. The van der Waals surface area contributed by atoms with Gasteiger partial charge in [0.15, 0.2) is 11.3 Å². The smallest absolute Gasteiger partial charge is 0.357 e. The van der Waals surface area contributed by atoms with Crippen molar-refractivity contribution in [3.8, 4) is 6.07 Å². The fraction of sp³-hybridized carbons (Fsp3) is 0.368. The molecule has 1 aromatic rings. The Morgan fingerprint density at radius 2 is 1.82 bits per heavy atom. The normalized spacial score (nSPS) is 17.1. The van der Waals surface area contributed by atoms with Crippen LogP contribution >= 0.6 is 0 Å². The van der Waals surface area contributed by atoms with E-state index in [4.69, 9.17) is 5.26 Å². The second-order valence-corrected chi connectivity index (χ2v) is 6.07. The van der Waals surface area contributed by atoms with Crippen LogP contribution in [0.15, 0.2) is 41.6 Å². The number of methoxy groups -OCH3 is 2. The van der Waals surface area contributed by atoms with E-state index in [1.165, 1.54) is 0 Å². The Labute approximate surface area is 162 Å². The van der Waals surface area contributed by atoms with E-state index in [0.29, 0.717) is 13.0 Å². The highest BCUT2D eigenvalue weighted by Crippen LogP contribution is 2.20. The maximum atomic E-state index is 12.6. The minimum atomic E-state index is -1.02. The Morgan fingerprint density at radius 3 is 2.43 bits per heavy atom. The van der Waals surface area contributed by atoms with E-state index in [0.717, 1.165) is 32.7 Å². The minimum absolute atomic E-state index is 0.378. The van der Waals surface area contributed by atoms with E-state index in [-0.39, 0.29) is 5.91 Å². The van der Waals surface area contributed by atoms with Gasteiger partial charge in [-0.2, -0.15) is 5.26 Å². The molecule has 0 saturated carbocycles. The van der Waals surface area contributed by atoms with Crippen LogP contribution in [0.4, 0.5) is 0 Å². The number of nitrogens with one attached hydrogen (secondary N) is 2. The van der Waals surface area contributed by atoms with Gasteiger partial charge >= 0.3 is 11.9 Å². The molecule has 0 radical (unpaired) electrons. The molecule has 1 atom stereocenters. The summed E-state index contributed by atoms with van der Waals surface area (Å²) in [5.41, 5.74) is 4.76. The van der Waals surface area contributed by atoms with Gasteiger partial charge in [0.1, 0.15) is 6.07 Å². The molecule has 0 spiro atoms. The lowest BCUT2D eigenvalue weighted by molar-refractivity contribution is -0.139. The SMILES string of the molecule is COC(=O)/C(C#N)=C(\NNC(=O)[C@@H]1CCCN1Cc1ccccc1)C(=O)OC. The molecule has 1 aliphatic heterocycles. The van der Waals surface area contributed by atoms with E-state index in [9.17, 15) is 14.4 Å². The molecule has 1 heterocycles. The van der Waals surface area contributed by atoms with Crippen molar-refractivity contribution in [1.82, 2.24) is 15.8 Å². The van der Waals surface area contributed by atoms with Crippen LogP contribution in [-0.4, -0.2) is 49.6 Å². The summed E-state index contributed by atoms with van der Waals surface area (Å²) in [6.45, 7) is 1.38. The maximum Gasteiger partial charge on any atom is 0.357 e. The Bertz CT molecular complexity index is 800. The van der Waals surface area contributed by atoms with Gasteiger partial charge in [-0.05, 0) is 24.9 Å². The fourth-order valence-electron chi connectivity index (χ4n) is 2.96. The summed E-state index contributed by atoms with van der Waals surface area (Å²) < 4.78 is 9.05. The summed E-state index contributed by atoms with van der Waals surface area (Å²) in [5, 5.41) is 9.15. The summed E-state index contributed by atoms with van der Waals surface area (Å²) in [4.78, 5) is 38.2. The molecule has 0 aliphatic carbocycles. The number of rotatable bonds is 7. The predicted octanol–water partition coefficient (Wildman–Crippen LogP) is 0.395. The minimum Gasteiger partial charge on any atom is -0.465 e. The van der Waals surface area contributed by atoms with Crippen molar-refractivity contribution < 1.29 is 23.9 Å². The predicted molar refractivity (Wildman–Crippen MR) is 97.8 cm³/mol. The van der Waals surface area contributed by atoms with E-state index >= 15 is 0 Å². The summed E-state index contributed by atoms with van der Waals surface area (Å²) in [6, 6.07) is 10.9. The van der Waals surface area contributed by atoms with Gasteiger partial charge in [0, 0.05) is 6.54 Å². The van der Waals surface area contributed by atoms with Crippen molar-refractivity contribution >= 4 is 17.8 Å². The topological polar surface area (TPSA) is 121 Å². The zero-order valence-electron chi connectivity index (χ0n) is 15.7. The number of ether oxygens (including phenoxy) is 2. The highest BCUT2D eigenvalue weighted by molar-refractivity contribution is 6.03. The molecule has 1 aliphatic rings. The lowest BCUT2D eigenvalue weighted by Crippen LogP contribution is -2.49. The van der Waals surface area contributed by atoms with Crippen LogP contribution in [0.3, 0.4) is 0 Å². The molecule has 1 saturated heterocycles. The summed E-state index contributed by atoms with van der Waals surface area (Å²) in [5.74, 6) is -2.37. The van der Waals surface area contributed by atoms with E-state index < -0.39 is 29.3 Å². The van der Waals surface area contributed by atoms with Crippen LogP contribution in [0.5, 0.6) is 0 Å². The van der Waals surface area contributed by atoms with Gasteiger partial charge in [-0.1, -0.05) is 30.3 Å². The molecule has 148 valence electrons. The van der Waals surface area contributed by atoms with Crippen molar-refractivity contribution in [2.75, 3.05) is 20.8 Å². The fourth-order valence-corrected chi connectivity index (χ4v) is 2.96. The van der Waals surface area contributed by atoms with Crippen molar-refractivity contribution in [2.24, 2.45) is 0 Å². The number of amides is 1. The van der Waals surface area contributed by atoms with Crippen LogP contribution in [0.25, 0.3) is 0 Å². The number of hydrogen-bond donors (Lipinski definition) is 2. The Balaban J connectivity index is 2.09. The maximum absolute atomic E-state index is 12.6. The van der Waals surface area contributed by atoms with Crippen molar-refractivity contribution in [3.05, 3.63) is 47.2 Å². The standard InChI is InChI=1S/C19H22N4O5/c1-27-18(25)14(11-20)16(19(26)28-2)21-22-17(24)15-9-6-10-23(15)12-13-7-4-3-5-8-13/h3-5,7-8,15,21H,6,9-10,12H2,1-2H3,(H,22,24)/b16-14-/t15-/m0/s1. The van der Waals surface area contributed by atoms with Gasteiger partial charge in [0.05, 0.1) is 20.3 Å². The third-order valence-electron chi connectivity index (χ3n) is 4.35. The summed E-state index contributed by atoms with van der Waals surface area (Å²) >= 11 is 0. The molecule has 1 amide bonds. The molecule has 0 bridgehead atoms. The molecular weight excluding hydrogens is 364 g/mol. The summed E-state index contributed by atoms with van der Waals surface area (Å²) in [6.07, 6.45) is 1.51. The average molecular weight is 386 g/mol. The first-order chi connectivity index (χ1) is 13.5. The van der Waals surface area contributed by atoms with Crippen LogP contribution in [0.1, 0.15) is 18.4 Å². The molecule has 1 aromatic carbocycles. The van der Waals surface area contributed by atoms with Gasteiger partial charge < -0.3 is 9.47 Å². The van der Waals surface area contributed by atoms with E-state index in [2.05, 4.69) is 20.3 Å². The number of esters is 2. The third kappa shape index (κ3) is 5.08. The van der Waals surface area contributed by atoms with E-state index in [1.807, 2.05) is 35.2 Å². The molecule has 1 fully saturated rings. The molecule has 9 nitrogen and oxygen atoms in total. The van der Waals surface area contributed by atoms with Crippen LogP contribution in [0, 0.1) is 11.3 Å². The number of carbonyl (C=O) groups is 3. The lowest BCUT2D eigenvalue weighted by atomic mass is 10.1. The number of carbonyl (C=O) groups excluding carboxylic acids is 3. The molecule has 2 N–H and O–H groups in total. The second kappa shape index (κ2) is 10.1. The first kappa shape index (κ1) is 20.9. The molecule has 28 heavy (non-hydrogen) atoms. The number of hydrogen-bond acceptors (Lipinski definition) is 8. The number of nitriles is 1. The third-order valence-corrected chi connectivity index (χ3v) is 4.35. The molecule has 9 heteroatoms. The summed E-state index contributed by atoms with van der Waals surface area (Å²) in [7, 11) is 2.17. The van der Waals surface area contributed by atoms with Gasteiger partial charge in [-0.25, -0.2) is 9.59 Å². The highest BCUT2D eigenvalue weighted by atomic mass is 16.5. The highest BCUT2D eigenvalue weighted by Gasteiger charge is 2.31. The van der Waals surface area contributed by atoms with E-state index in [1.54, 1.807) is 6.07 Å². The number of hydrazine groups is 1. The molecule has 0 unspecified atom stereocenters. The quantitative estimate of drug-likeness (QED) is 0.299. The monoisotopic (exact) mass is 386 g/mol. The van der Waals surface area contributed by atoms with Crippen molar-refractivity contribution in [3.63, 3.8) is 0 Å². The molecule has 2 rings (SSSR count). The van der Waals surface area contributed by atoms with Crippen LogP contribution in [0.2, 0.25) is 0 Å². The average Bonchev–Trinajstić information content (AvgIpc) is 3.18. The van der Waals surface area contributed by atoms with Crippen LogP contribution < -0.4 is 10.9 Å². The van der Waals surface area contributed by atoms with Crippen molar-refractivity contribution in [2.45, 2.75) is 25.4 Å². The molecular formula is C19H22N4O5. The van der Waals surface area contributed by atoms with Crippen molar-refractivity contribution in [1.29, 1.82) is 5.26 Å². The van der Waals surface area contributed by atoms with Gasteiger partial charge in [-0.15, -0.1) is 0 Å². The Hall–Kier alpha value is -3.38. The second-order valence-electron chi connectivity index (χ2n) is 6.07. The molecule has 0 aromatic heterocycles. The zero-order valence-corrected chi connectivity index (χ0v) is 15.7.